The molecule has 1 aromatic heterocycles. The number of aromatic nitrogens is 2. The van der Waals surface area contributed by atoms with Crippen molar-refractivity contribution >= 4 is 11.6 Å². The smallest absolute Gasteiger partial charge is 0.387 e. The molecular weight excluding hydrogens is 340 g/mol. The first-order chi connectivity index (χ1) is 12.4. The molecule has 0 saturated heterocycles. The van der Waals surface area contributed by atoms with Gasteiger partial charge in [0.15, 0.2) is 0 Å². The van der Waals surface area contributed by atoms with E-state index in [1.807, 2.05) is 32.0 Å². The highest BCUT2D eigenvalue weighted by atomic mass is 19.3. The highest BCUT2D eigenvalue weighted by Crippen LogP contribution is 2.24. The van der Waals surface area contributed by atoms with Crippen LogP contribution in [0.4, 0.5) is 14.5 Å². The number of aromatic amines is 1. The number of hydrogen-bond acceptors (Lipinski definition) is 3. The zero-order valence-corrected chi connectivity index (χ0v) is 14.2. The standard InChI is InChI=1S/C19H17F2N3O2/c1-11-4-3-5-12(2)17(11)22-18(25)16-10-15(23-24-16)13-6-8-14(9-7-13)26-19(20)21/h3-10,19H,1-2H3,(H,22,25)(H,23,24). The number of carbonyl (C=O) groups is 1. The SMILES string of the molecule is Cc1cccc(C)c1NC(=O)c1cc(-c2ccc(OC(F)F)cc2)n[nH]1. The summed E-state index contributed by atoms with van der Waals surface area (Å²) in [7, 11) is 0. The fourth-order valence-electron chi connectivity index (χ4n) is 2.59. The third kappa shape index (κ3) is 3.88. The summed E-state index contributed by atoms with van der Waals surface area (Å²) in [5.41, 5.74) is 4.20. The van der Waals surface area contributed by atoms with Crippen molar-refractivity contribution in [1.29, 1.82) is 0 Å². The first-order valence-corrected chi connectivity index (χ1v) is 7.92. The van der Waals surface area contributed by atoms with Crippen LogP contribution in [0.2, 0.25) is 0 Å². The first-order valence-electron chi connectivity index (χ1n) is 7.92. The van der Waals surface area contributed by atoms with Crippen LogP contribution in [-0.4, -0.2) is 22.7 Å². The molecule has 0 unspecified atom stereocenters. The topological polar surface area (TPSA) is 67.0 Å². The van der Waals surface area contributed by atoms with Crippen molar-refractivity contribution in [2.24, 2.45) is 0 Å². The normalized spacial score (nSPS) is 10.8. The summed E-state index contributed by atoms with van der Waals surface area (Å²) in [6.07, 6.45) is 0. The minimum Gasteiger partial charge on any atom is -0.435 e. The van der Waals surface area contributed by atoms with Gasteiger partial charge in [0.25, 0.3) is 5.91 Å². The Morgan fingerprint density at radius 2 is 1.77 bits per heavy atom. The molecule has 3 aromatic rings. The van der Waals surface area contributed by atoms with Crippen molar-refractivity contribution < 1.29 is 18.3 Å². The second kappa shape index (κ2) is 7.35. The summed E-state index contributed by atoms with van der Waals surface area (Å²) in [4.78, 5) is 12.5. The molecule has 2 aromatic carbocycles. The van der Waals surface area contributed by atoms with Crippen LogP contribution in [0.5, 0.6) is 5.75 Å². The van der Waals surface area contributed by atoms with Gasteiger partial charge in [-0.25, -0.2) is 0 Å². The maximum atomic E-state index is 12.5. The van der Waals surface area contributed by atoms with Gasteiger partial charge in [-0.1, -0.05) is 18.2 Å². The van der Waals surface area contributed by atoms with Crippen molar-refractivity contribution in [3.05, 3.63) is 65.4 Å². The highest BCUT2D eigenvalue weighted by molar-refractivity contribution is 6.04. The number of H-pyrrole nitrogens is 1. The van der Waals surface area contributed by atoms with Crippen LogP contribution in [0.1, 0.15) is 21.6 Å². The Hall–Kier alpha value is -3.22. The summed E-state index contributed by atoms with van der Waals surface area (Å²) >= 11 is 0. The average molecular weight is 357 g/mol. The van der Waals surface area contributed by atoms with Crippen LogP contribution in [-0.2, 0) is 0 Å². The first kappa shape index (κ1) is 17.6. The molecule has 7 heteroatoms. The van der Waals surface area contributed by atoms with Crippen molar-refractivity contribution in [3.8, 4) is 17.0 Å². The summed E-state index contributed by atoms with van der Waals surface area (Å²) in [5.74, 6) is -0.244. The fourth-order valence-corrected chi connectivity index (χ4v) is 2.59. The lowest BCUT2D eigenvalue weighted by atomic mass is 10.1. The third-order valence-corrected chi connectivity index (χ3v) is 3.92. The van der Waals surface area contributed by atoms with Gasteiger partial charge in [-0.2, -0.15) is 13.9 Å². The molecule has 0 aliphatic rings. The number of aryl methyl sites for hydroxylation is 2. The van der Waals surface area contributed by atoms with Crippen molar-refractivity contribution in [3.63, 3.8) is 0 Å². The van der Waals surface area contributed by atoms with E-state index in [0.29, 0.717) is 17.0 Å². The van der Waals surface area contributed by atoms with Gasteiger partial charge in [0.05, 0.1) is 5.69 Å². The molecule has 0 aliphatic carbocycles. The van der Waals surface area contributed by atoms with Crippen LogP contribution in [0.25, 0.3) is 11.3 Å². The van der Waals surface area contributed by atoms with E-state index in [0.717, 1.165) is 16.8 Å². The molecular formula is C19H17F2N3O2. The molecule has 0 bridgehead atoms. The van der Waals surface area contributed by atoms with Crippen LogP contribution in [0, 0.1) is 13.8 Å². The Morgan fingerprint density at radius 3 is 2.38 bits per heavy atom. The van der Waals surface area contributed by atoms with Gasteiger partial charge in [-0.3, -0.25) is 9.89 Å². The van der Waals surface area contributed by atoms with E-state index in [4.69, 9.17) is 0 Å². The second-order valence-corrected chi connectivity index (χ2v) is 5.79. The number of nitrogens with one attached hydrogen (secondary N) is 2. The number of carbonyl (C=O) groups excluding carboxylic acids is 1. The zero-order chi connectivity index (χ0) is 18.7. The van der Waals surface area contributed by atoms with Crippen LogP contribution >= 0.6 is 0 Å². The van der Waals surface area contributed by atoms with Crippen LogP contribution < -0.4 is 10.1 Å². The molecule has 3 rings (SSSR count). The lowest BCUT2D eigenvalue weighted by Crippen LogP contribution is -2.14. The molecule has 0 aliphatic heterocycles. The number of nitrogens with zero attached hydrogens (tertiary/aromatic N) is 1. The Kier molecular flexibility index (Phi) is 4.97. The van der Waals surface area contributed by atoms with Gasteiger partial charge in [-0.05, 0) is 55.3 Å². The molecule has 5 nitrogen and oxygen atoms in total. The van der Waals surface area contributed by atoms with Gasteiger partial charge < -0.3 is 10.1 Å². The van der Waals surface area contributed by atoms with E-state index < -0.39 is 6.61 Å². The number of halogens is 2. The number of hydrogen-bond donors (Lipinski definition) is 2. The molecule has 26 heavy (non-hydrogen) atoms. The molecule has 0 spiro atoms. The lowest BCUT2D eigenvalue weighted by Gasteiger charge is -2.10. The Labute approximate surface area is 149 Å². The number of alkyl halides is 2. The molecule has 1 amide bonds. The Morgan fingerprint density at radius 1 is 1.12 bits per heavy atom. The van der Waals surface area contributed by atoms with Crippen molar-refractivity contribution in [2.45, 2.75) is 20.5 Å². The van der Waals surface area contributed by atoms with Gasteiger partial charge >= 0.3 is 6.61 Å². The Balaban J connectivity index is 1.76. The third-order valence-electron chi connectivity index (χ3n) is 3.92. The van der Waals surface area contributed by atoms with Crippen LogP contribution in [0.15, 0.2) is 48.5 Å². The largest absolute Gasteiger partial charge is 0.435 e. The fraction of sp³-hybridized carbons (Fsp3) is 0.158. The van der Waals surface area contributed by atoms with E-state index in [2.05, 4.69) is 20.3 Å². The predicted octanol–water partition coefficient (Wildman–Crippen LogP) is 4.55. The number of amides is 1. The summed E-state index contributed by atoms with van der Waals surface area (Å²) in [5, 5.41) is 9.68. The molecule has 0 fully saturated rings. The predicted molar refractivity (Wildman–Crippen MR) is 94.5 cm³/mol. The zero-order valence-electron chi connectivity index (χ0n) is 14.2. The van der Waals surface area contributed by atoms with Gasteiger partial charge in [0.2, 0.25) is 0 Å². The van der Waals surface area contributed by atoms with E-state index in [1.165, 1.54) is 12.1 Å². The number of ether oxygens (including phenoxy) is 1. The van der Waals surface area contributed by atoms with Gasteiger partial charge in [0.1, 0.15) is 11.4 Å². The number of rotatable bonds is 5. The minimum atomic E-state index is -2.87. The minimum absolute atomic E-state index is 0.0623. The van der Waals surface area contributed by atoms with E-state index in [-0.39, 0.29) is 11.7 Å². The van der Waals surface area contributed by atoms with Crippen molar-refractivity contribution in [2.75, 3.05) is 5.32 Å². The molecule has 0 radical (unpaired) electrons. The summed E-state index contributed by atoms with van der Waals surface area (Å²) in [6, 6.07) is 13.4. The van der Waals surface area contributed by atoms with E-state index in [1.54, 1.807) is 18.2 Å². The Bertz CT molecular complexity index is 901. The monoisotopic (exact) mass is 357 g/mol. The highest BCUT2D eigenvalue weighted by Gasteiger charge is 2.14. The number of anilines is 1. The van der Waals surface area contributed by atoms with E-state index >= 15 is 0 Å². The van der Waals surface area contributed by atoms with Crippen LogP contribution in [0.3, 0.4) is 0 Å². The maximum Gasteiger partial charge on any atom is 0.387 e. The van der Waals surface area contributed by atoms with E-state index in [9.17, 15) is 13.6 Å². The quantitative estimate of drug-likeness (QED) is 0.704. The summed E-state index contributed by atoms with van der Waals surface area (Å²) < 4.78 is 28.7. The molecule has 1 heterocycles. The summed E-state index contributed by atoms with van der Waals surface area (Å²) in [6.45, 7) is 0.972. The van der Waals surface area contributed by atoms with Crippen molar-refractivity contribution in [1.82, 2.24) is 10.2 Å². The lowest BCUT2D eigenvalue weighted by molar-refractivity contribution is -0.0498. The molecule has 2 N–H and O–H groups in total. The molecule has 0 saturated carbocycles. The molecule has 134 valence electrons. The maximum absolute atomic E-state index is 12.5. The second-order valence-electron chi connectivity index (χ2n) is 5.79. The van der Waals surface area contributed by atoms with Gasteiger partial charge in [-0.15, -0.1) is 0 Å². The van der Waals surface area contributed by atoms with Gasteiger partial charge in [0, 0.05) is 11.3 Å². The number of para-hydroxylation sites is 1. The molecule has 0 atom stereocenters. The number of benzene rings is 2. The average Bonchev–Trinajstić information content (AvgIpc) is 3.08.